The van der Waals surface area contributed by atoms with Crippen LogP contribution in [0.25, 0.3) is 0 Å². The van der Waals surface area contributed by atoms with Crippen LogP contribution in [0, 0.1) is 0 Å². The van der Waals surface area contributed by atoms with Gasteiger partial charge in [-0.3, -0.25) is 4.98 Å². The van der Waals surface area contributed by atoms with Crippen LogP contribution in [-0.4, -0.2) is 37.3 Å². The van der Waals surface area contributed by atoms with Gasteiger partial charge in [-0.1, -0.05) is 0 Å². The standard InChI is InChI=1S/C12H21N3O/c1-13-11-8-12(10-14-9-11)15(2)6-4-3-5-7-16/h8-10,13,16H,3-7H2,1-2H3. The molecule has 1 rings (SSSR count). The van der Waals surface area contributed by atoms with Crippen molar-refractivity contribution in [3.05, 3.63) is 18.5 Å². The van der Waals surface area contributed by atoms with E-state index in [0.29, 0.717) is 6.61 Å². The van der Waals surface area contributed by atoms with Crippen molar-refractivity contribution < 1.29 is 5.11 Å². The highest BCUT2D eigenvalue weighted by atomic mass is 16.2. The van der Waals surface area contributed by atoms with Gasteiger partial charge >= 0.3 is 0 Å². The number of anilines is 2. The largest absolute Gasteiger partial charge is 0.396 e. The molecule has 0 bridgehead atoms. The van der Waals surface area contributed by atoms with Gasteiger partial charge in [0.1, 0.15) is 0 Å². The maximum Gasteiger partial charge on any atom is 0.0570 e. The summed E-state index contributed by atoms with van der Waals surface area (Å²) < 4.78 is 0. The summed E-state index contributed by atoms with van der Waals surface area (Å²) in [4.78, 5) is 6.36. The summed E-state index contributed by atoms with van der Waals surface area (Å²) in [6.45, 7) is 1.29. The Morgan fingerprint density at radius 2 is 2.12 bits per heavy atom. The van der Waals surface area contributed by atoms with Crippen molar-refractivity contribution in [2.24, 2.45) is 0 Å². The van der Waals surface area contributed by atoms with Gasteiger partial charge in [-0.05, 0) is 25.3 Å². The number of hydrogen-bond donors (Lipinski definition) is 2. The van der Waals surface area contributed by atoms with Gasteiger partial charge in [-0.15, -0.1) is 0 Å². The molecule has 4 nitrogen and oxygen atoms in total. The Morgan fingerprint density at radius 3 is 2.81 bits per heavy atom. The monoisotopic (exact) mass is 223 g/mol. The quantitative estimate of drug-likeness (QED) is 0.691. The van der Waals surface area contributed by atoms with E-state index in [1.807, 2.05) is 19.4 Å². The van der Waals surface area contributed by atoms with Crippen molar-refractivity contribution in [3.8, 4) is 0 Å². The minimum atomic E-state index is 0.292. The molecular weight excluding hydrogens is 202 g/mol. The summed E-state index contributed by atoms with van der Waals surface area (Å²) in [5.41, 5.74) is 2.15. The minimum Gasteiger partial charge on any atom is -0.396 e. The van der Waals surface area contributed by atoms with Crippen molar-refractivity contribution in [1.29, 1.82) is 0 Å². The Hall–Kier alpha value is -1.29. The second-order valence-corrected chi connectivity index (χ2v) is 3.89. The van der Waals surface area contributed by atoms with E-state index in [4.69, 9.17) is 5.11 Å². The van der Waals surface area contributed by atoms with E-state index in [9.17, 15) is 0 Å². The van der Waals surface area contributed by atoms with Gasteiger partial charge in [0, 0.05) is 27.2 Å². The van der Waals surface area contributed by atoms with Crippen LogP contribution in [0.5, 0.6) is 0 Å². The molecule has 0 aliphatic carbocycles. The molecule has 0 aliphatic rings. The van der Waals surface area contributed by atoms with Gasteiger partial charge in [-0.2, -0.15) is 0 Å². The fourth-order valence-electron chi connectivity index (χ4n) is 1.54. The van der Waals surface area contributed by atoms with Crippen LogP contribution >= 0.6 is 0 Å². The molecule has 0 amide bonds. The highest BCUT2D eigenvalue weighted by molar-refractivity contribution is 5.54. The van der Waals surface area contributed by atoms with Crippen LogP contribution in [0.2, 0.25) is 0 Å². The molecule has 0 aromatic carbocycles. The predicted octanol–water partition coefficient (Wildman–Crippen LogP) is 1.72. The molecule has 2 N–H and O–H groups in total. The van der Waals surface area contributed by atoms with Gasteiger partial charge in [0.25, 0.3) is 0 Å². The molecule has 0 aliphatic heterocycles. The van der Waals surface area contributed by atoms with Crippen molar-refractivity contribution >= 4 is 11.4 Å². The van der Waals surface area contributed by atoms with E-state index in [2.05, 4.69) is 28.3 Å². The maximum atomic E-state index is 8.68. The second-order valence-electron chi connectivity index (χ2n) is 3.89. The third-order valence-corrected chi connectivity index (χ3v) is 2.60. The molecule has 0 saturated heterocycles. The van der Waals surface area contributed by atoms with Gasteiger partial charge in [0.15, 0.2) is 0 Å². The number of nitrogens with zero attached hydrogens (tertiary/aromatic N) is 2. The first kappa shape index (κ1) is 12.8. The van der Waals surface area contributed by atoms with Crippen LogP contribution in [-0.2, 0) is 0 Å². The van der Waals surface area contributed by atoms with Crippen molar-refractivity contribution in [2.45, 2.75) is 19.3 Å². The zero-order valence-electron chi connectivity index (χ0n) is 10.1. The van der Waals surface area contributed by atoms with Crippen LogP contribution in [0.15, 0.2) is 18.5 Å². The van der Waals surface area contributed by atoms with Crippen LogP contribution < -0.4 is 10.2 Å². The number of aliphatic hydroxyl groups is 1. The Bertz CT molecular complexity index is 304. The summed E-state index contributed by atoms with van der Waals surface area (Å²) in [6.07, 6.45) is 6.74. The molecule has 16 heavy (non-hydrogen) atoms. The number of aromatic nitrogens is 1. The number of hydrogen-bond acceptors (Lipinski definition) is 4. The van der Waals surface area contributed by atoms with Crippen molar-refractivity contribution in [1.82, 2.24) is 4.98 Å². The Morgan fingerprint density at radius 1 is 1.31 bits per heavy atom. The van der Waals surface area contributed by atoms with E-state index in [-0.39, 0.29) is 0 Å². The lowest BCUT2D eigenvalue weighted by Gasteiger charge is -2.19. The summed E-state index contributed by atoms with van der Waals surface area (Å²) in [5, 5.41) is 11.8. The number of unbranched alkanes of at least 4 members (excludes halogenated alkanes) is 2. The van der Waals surface area contributed by atoms with E-state index in [0.717, 1.165) is 37.2 Å². The highest BCUT2D eigenvalue weighted by Gasteiger charge is 2.01. The molecule has 0 unspecified atom stereocenters. The average molecular weight is 223 g/mol. The molecule has 4 heteroatoms. The first-order valence-electron chi connectivity index (χ1n) is 5.72. The van der Waals surface area contributed by atoms with Crippen LogP contribution in [0.1, 0.15) is 19.3 Å². The Balaban J connectivity index is 2.42. The molecule has 0 fully saturated rings. The molecule has 0 spiro atoms. The van der Waals surface area contributed by atoms with E-state index in [1.54, 1.807) is 0 Å². The third-order valence-electron chi connectivity index (χ3n) is 2.60. The first-order chi connectivity index (χ1) is 7.77. The lowest BCUT2D eigenvalue weighted by molar-refractivity contribution is 0.283. The Labute approximate surface area is 97.3 Å². The number of aliphatic hydroxyl groups excluding tert-OH is 1. The topological polar surface area (TPSA) is 48.4 Å². The fourth-order valence-corrected chi connectivity index (χ4v) is 1.54. The normalized spacial score (nSPS) is 10.2. The molecular formula is C12H21N3O. The minimum absolute atomic E-state index is 0.292. The summed E-state index contributed by atoms with van der Waals surface area (Å²) in [5.74, 6) is 0. The highest BCUT2D eigenvalue weighted by Crippen LogP contribution is 2.16. The molecule has 1 aromatic rings. The van der Waals surface area contributed by atoms with E-state index in [1.165, 1.54) is 0 Å². The van der Waals surface area contributed by atoms with Crippen LogP contribution in [0.4, 0.5) is 11.4 Å². The predicted molar refractivity (Wildman–Crippen MR) is 68.0 cm³/mol. The smallest absolute Gasteiger partial charge is 0.0570 e. The van der Waals surface area contributed by atoms with Crippen LogP contribution in [0.3, 0.4) is 0 Å². The van der Waals surface area contributed by atoms with Crippen molar-refractivity contribution in [3.63, 3.8) is 0 Å². The van der Waals surface area contributed by atoms with E-state index >= 15 is 0 Å². The Kier molecular flexibility index (Phi) is 5.64. The lowest BCUT2D eigenvalue weighted by atomic mass is 10.2. The average Bonchev–Trinajstić information content (AvgIpc) is 2.34. The first-order valence-corrected chi connectivity index (χ1v) is 5.72. The zero-order valence-corrected chi connectivity index (χ0v) is 10.1. The molecule has 1 aromatic heterocycles. The molecule has 0 radical (unpaired) electrons. The third kappa shape index (κ3) is 4.06. The SMILES string of the molecule is CNc1cncc(N(C)CCCCCO)c1. The number of nitrogens with one attached hydrogen (secondary N) is 1. The fraction of sp³-hybridized carbons (Fsp3) is 0.583. The number of pyridine rings is 1. The molecule has 1 heterocycles. The van der Waals surface area contributed by atoms with Gasteiger partial charge in [0.2, 0.25) is 0 Å². The molecule has 0 atom stereocenters. The van der Waals surface area contributed by atoms with Gasteiger partial charge in [-0.25, -0.2) is 0 Å². The van der Waals surface area contributed by atoms with Gasteiger partial charge in [0.05, 0.1) is 23.8 Å². The number of rotatable bonds is 7. The zero-order chi connectivity index (χ0) is 11.8. The van der Waals surface area contributed by atoms with Crippen molar-refractivity contribution in [2.75, 3.05) is 37.5 Å². The van der Waals surface area contributed by atoms with Gasteiger partial charge < -0.3 is 15.3 Å². The summed E-state index contributed by atoms with van der Waals surface area (Å²) >= 11 is 0. The van der Waals surface area contributed by atoms with E-state index < -0.39 is 0 Å². The lowest BCUT2D eigenvalue weighted by Crippen LogP contribution is -2.18. The maximum absolute atomic E-state index is 8.68. The summed E-state index contributed by atoms with van der Waals surface area (Å²) in [7, 11) is 3.96. The summed E-state index contributed by atoms with van der Waals surface area (Å²) in [6, 6.07) is 2.08. The molecule has 0 saturated carbocycles. The molecule has 90 valence electrons. The second kappa shape index (κ2) is 7.06.